The van der Waals surface area contributed by atoms with Gasteiger partial charge in [0.05, 0.1) is 16.8 Å². The van der Waals surface area contributed by atoms with Crippen molar-refractivity contribution in [3.8, 4) is 55.6 Å². The number of fused-ring (bicyclic) bond motifs is 6. The van der Waals surface area contributed by atoms with E-state index in [-0.39, 0.29) is 0 Å². The second-order valence-corrected chi connectivity index (χ2v) is 16.0. The van der Waals surface area contributed by atoms with E-state index in [0.717, 1.165) is 88.8 Å². The van der Waals surface area contributed by atoms with Crippen LogP contribution in [0, 0.1) is 0 Å². The van der Waals surface area contributed by atoms with Crippen LogP contribution in [0.3, 0.4) is 0 Å². The molecule has 0 N–H and O–H groups in total. The van der Waals surface area contributed by atoms with Crippen LogP contribution in [0.2, 0.25) is 0 Å². The van der Waals surface area contributed by atoms with Gasteiger partial charge in [-0.3, -0.25) is 0 Å². The summed E-state index contributed by atoms with van der Waals surface area (Å²) in [6.07, 6.45) is 0. The maximum atomic E-state index is 6.50. The van der Waals surface area contributed by atoms with Gasteiger partial charge in [-0.2, -0.15) is 0 Å². The van der Waals surface area contributed by atoms with E-state index in [4.69, 9.17) is 8.83 Å². The van der Waals surface area contributed by atoms with Gasteiger partial charge in [-0.1, -0.05) is 194 Å². The predicted molar refractivity (Wildman–Crippen MR) is 263 cm³/mol. The minimum absolute atomic E-state index is 0.844. The SMILES string of the molecule is c1ccc(-c2ccc(-c3ccccc3-c3ccccc3-c3ccccc3N(c3ccc(-c4cccc5c4oc4ccccc45)cc3)c3cccc4oc5ccccc5c34)cc2)cc1. The van der Waals surface area contributed by atoms with E-state index in [1.807, 2.05) is 24.3 Å². The van der Waals surface area contributed by atoms with E-state index in [2.05, 4.69) is 217 Å². The highest BCUT2D eigenvalue weighted by atomic mass is 16.3. The maximum absolute atomic E-state index is 6.50. The zero-order valence-corrected chi connectivity index (χ0v) is 34.3. The van der Waals surface area contributed by atoms with Crippen LogP contribution in [-0.4, -0.2) is 0 Å². The molecule has 12 aromatic rings. The van der Waals surface area contributed by atoms with Crippen molar-refractivity contribution in [2.45, 2.75) is 0 Å². The van der Waals surface area contributed by atoms with Gasteiger partial charge in [-0.15, -0.1) is 0 Å². The number of rotatable bonds is 8. The molecule has 3 nitrogen and oxygen atoms in total. The second-order valence-electron chi connectivity index (χ2n) is 16.0. The summed E-state index contributed by atoms with van der Waals surface area (Å²) in [5, 5.41) is 4.38. The van der Waals surface area contributed by atoms with Crippen molar-refractivity contribution in [2.24, 2.45) is 0 Å². The fourth-order valence-corrected chi connectivity index (χ4v) is 9.41. The molecule has 0 radical (unpaired) electrons. The Bertz CT molecular complexity index is 3620. The largest absolute Gasteiger partial charge is 0.456 e. The van der Waals surface area contributed by atoms with Gasteiger partial charge in [-0.05, 0) is 87.0 Å². The van der Waals surface area contributed by atoms with E-state index >= 15 is 0 Å². The van der Waals surface area contributed by atoms with Crippen LogP contribution >= 0.6 is 0 Å². The molecule has 0 aliphatic rings. The number of anilines is 3. The van der Waals surface area contributed by atoms with E-state index < -0.39 is 0 Å². The van der Waals surface area contributed by atoms with Crippen molar-refractivity contribution < 1.29 is 8.83 Å². The number of para-hydroxylation sites is 4. The third-order valence-corrected chi connectivity index (χ3v) is 12.3. The van der Waals surface area contributed by atoms with Crippen molar-refractivity contribution >= 4 is 60.9 Å². The quantitative estimate of drug-likeness (QED) is 0.153. The molecular weight excluding hydrogens is 767 g/mol. The zero-order valence-electron chi connectivity index (χ0n) is 34.3. The molecular formula is C60H39NO2. The number of benzene rings is 10. The molecule has 0 aliphatic heterocycles. The molecule has 0 atom stereocenters. The molecule has 63 heavy (non-hydrogen) atoms. The first-order valence-corrected chi connectivity index (χ1v) is 21.4. The highest BCUT2D eigenvalue weighted by molar-refractivity contribution is 6.14. The van der Waals surface area contributed by atoms with Crippen LogP contribution in [0.4, 0.5) is 17.1 Å². The van der Waals surface area contributed by atoms with Crippen molar-refractivity contribution in [3.63, 3.8) is 0 Å². The molecule has 0 aliphatic carbocycles. The maximum Gasteiger partial charge on any atom is 0.143 e. The summed E-state index contributed by atoms with van der Waals surface area (Å²) in [6, 6.07) is 84.1. The summed E-state index contributed by atoms with van der Waals surface area (Å²) < 4.78 is 13.0. The van der Waals surface area contributed by atoms with Gasteiger partial charge in [0, 0.05) is 33.0 Å². The molecule has 2 aromatic heterocycles. The predicted octanol–water partition coefficient (Wildman–Crippen LogP) is 17.3. The molecule has 3 heteroatoms. The van der Waals surface area contributed by atoms with Crippen molar-refractivity contribution in [3.05, 3.63) is 237 Å². The lowest BCUT2D eigenvalue weighted by atomic mass is 9.88. The molecule has 10 aromatic carbocycles. The highest BCUT2D eigenvalue weighted by Crippen LogP contribution is 2.48. The molecule has 0 spiro atoms. The third kappa shape index (κ3) is 6.29. The molecule has 0 bridgehead atoms. The van der Waals surface area contributed by atoms with Crippen LogP contribution in [-0.2, 0) is 0 Å². The summed E-state index contributed by atoms with van der Waals surface area (Å²) >= 11 is 0. The molecule has 12 rings (SSSR count). The minimum atomic E-state index is 0.844. The van der Waals surface area contributed by atoms with Crippen LogP contribution in [0.15, 0.2) is 245 Å². The molecule has 0 unspecified atom stereocenters. The van der Waals surface area contributed by atoms with Gasteiger partial charge in [0.2, 0.25) is 0 Å². The molecule has 0 saturated carbocycles. The summed E-state index contributed by atoms with van der Waals surface area (Å²) in [5.74, 6) is 0. The van der Waals surface area contributed by atoms with Crippen LogP contribution in [0.1, 0.15) is 0 Å². The van der Waals surface area contributed by atoms with Crippen molar-refractivity contribution in [2.75, 3.05) is 4.90 Å². The standard InChI is InChI=1S/C60H39NO2/c1-2-16-40(17-3-1)41-32-34-42(35-33-41)45-18-4-5-19-47(45)48-20-6-7-21-49(48)50-22-8-11-27-54(50)61(55-28-15-31-58-59(55)53-24-10-13-30-57(53)62-58)44-38-36-43(37-39-44)46-25-14-26-52-51-23-9-12-29-56(51)63-60(46)52/h1-39H. The van der Waals surface area contributed by atoms with Gasteiger partial charge in [0.1, 0.15) is 22.3 Å². The Hall–Kier alpha value is -8.40. The van der Waals surface area contributed by atoms with Crippen molar-refractivity contribution in [1.29, 1.82) is 0 Å². The number of hydrogen-bond donors (Lipinski definition) is 0. The number of nitrogens with zero attached hydrogens (tertiary/aromatic N) is 1. The van der Waals surface area contributed by atoms with Crippen LogP contribution in [0.25, 0.3) is 99.5 Å². The molecule has 0 saturated heterocycles. The summed E-state index contributed by atoms with van der Waals surface area (Å²) in [6.45, 7) is 0. The summed E-state index contributed by atoms with van der Waals surface area (Å²) in [7, 11) is 0. The Morgan fingerprint density at radius 2 is 0.714 bits per heavy atom. The minimum Gasteiger partial charge on any atom is -0.456 e. The Balaban J connectivity index is 1.03. The van der Waals surface area contributed by atoms with E-state index in [0.29, 0.717) is 0 Å². The zero-order chi connectivity index (χ0) is 41.7. The molecule has 0 fully saturated rings. The Morgan fingerprint density at radius 3 is 1.48 bits per heavy atom. The van der Waals surface area contributed by atoms with Crippen LogP contribution in [0.5, 0.6) is 0 Å². The smallest absolute Gasteiger partial charge is 0.143 e. The Kier molecular flexibility index (Phi) is 8.83. The fourth-order valence-electron chi connectivity index (χ4n) is 9.41. The Morgan fingerprint density at radius 1 is 0.254 bits per heavy atom. The lowest BCUT2D eigenvalue weighted by Crippen LogP contribution is -2.11. The van der Waals surface area contributed by atoms with E-state index in [9.17, 15) is 0 Å². The lowest BCUT2D eigenvalue weighted by molar-refractivity contribution is 0.669. The summed E-state index contributed by atoms with van der Waals surface area (Å²) in [4.78, 5) is 2.40. The van der Waals surface area contributed by atoms with Gasteiger partial charge in [-0.25, -0.2) is 0 Å². The van der Waals surface area contributed by atoms with Gasteiger partial charge in [0.25, 0.3) is 0 Å². The monoisotopic (exact) mass is 805 g/mol. The van der Waals surface area contributed by atoms with Crippen molar-refractivity contribution in [1.82, 2.24) is 0 Å². The molecule has 2 heterocycles. The highest BCUT2D eigenvalue weighted by Gasteiger charge is 2.24. The van der Waals surface area contributed by atoms with Gasteiger partial charge in [0.15, 0.2) is 0 Å². The number of furan rings is 2. The summed E-state index contributed by atoms with van der Waals surface area (Å²) in [5.41, 5.74) is 18.1. The topological polar surface area (TPSA) is 29.5 Å². The first-order chi connectivity index (χ1) is 31.3. The Labute approximate surface area is 365 Å². The second kappa shape index (κ2) is 15.3. The first-order valence-electron chi connectivity index (χ1n) is 21.4. The normalized spacial score (nSPS) is 11.5. The average Bonchev–Trinajstić information content (AvgIpc) is 3.94. The molecule has 296 valence electrons. The van der Waals surface area contributed by atoms with Gasteiger partial charge >= 0.3 is 0 Å². The molecule has 0 amide bonds. The fraction of sp³-hybridized carbons (Fsp3) is 0. The van der Waals surface area contributed by atoms with E-state index in [1.165, 1.54) is 27.8 Å². The van der Waals surface area contributed by atoms with Crippen LogP contribution < -0.4 is 4.90 Å². The van der Waals surface area contributed by atoms with E-state index in [1.54, 1.807) is 0 Å². The third-order valence-electron chi connectivity index (χ3n) is 12.3. The first kappa shape index (κ1) is 36.5. The lowest BCUT2D eigenvalue weighted by Gasteiger charge is -2.29. The van der Waals surface area contributed by atoms with Gasteiger partial charge < -0.3 is 13.7 Å². The average molecular weight is 806 g/mol. The number of hydrogen-bond acceptors (Lipinski definition) is 3.